The Kier molecular flexibility index (Phi) is 29.0. The van der Waals surface area contributed by atoms with Gasteiger partial charge < -0.3 is 56.9 Å². The molecule has 8 aliphatic rings. The van der Waals surface area contributed by atoms with Gasteiger partial charge in [-0.15, -0.1) is 0 Å². The number of carbonyl (C=O) groups excluding carboxylic acids is 6. The maximum atomic E-state index is 14.2. The molecule has 0 bridgehead atoms. The first-order valence-electron chi connectivity index (χ1n) is 50.6. The van der Waals surface area contributed by atoms with Gasteiger partial charge in [0.25, 0.3) is 35.4 Å². The van der Waals surface area contributed by atoms with Crippen LogP contribution in [0.15, 0.2) is 196 Å². The normalized spacial score (nSPS) is 18.2. The fraction of sp³-hybridized carbons (Fsp3) is 0.431. The van der Waals surface area contributed by atoms with Crippen molar-refractivity contribution in [3.8, 4) is 33.8 Å². The Hall–Kier alpha value is -13.1. The Labute approximate surface area is 877 Å². The van der Waals surface area contributed by atoms with Crippen LogP contribution in [0.2, 0.25) is 15.1 Å². The van der Waals surface area contributed by atoms with Gasteiger partial charge in [0.05, 0.1) is 91.1 Å². The third kappa shape index (κ3) is 22.0. The topological polar surface area (TPSA) is 282 Å². The van der Waals surface area contributed by atoms with Gasteiger partial charge in [-0.2, -0.15) is 0 Å². The molecule has 16 heterocycles. The van der Waals surface area contributed by atoms with E-state index in [0.717, 1.165) is 82.3 Å². The van der Waals surface area contributed by atoms with Gasteiger partial charge in [0.15, 0.2) is 45.4 Å². The molecular weight excluding hydrogens is 1940 g/mol. The number of fused-ring (bicyclic) bond motifs is 4. The Bertz CT molecular complexity index is 7450. The summed E-state index contributed by atoms with van der Waals surface area (Å²) in [6.07, 6.45) is 19.6. The van der Waals surface area contributed by atoms with E-state index in [0.29, 0.717) is 155 Å². The molecule has 9 aromatic heterocycles. The predicted octanol–water partition coefficient (Wildman–Crippen LogP) is 24.4. The van der Waals surface area contributed by atoms with Gasteiger partial charge >= 0.3 is 0 Å². The molecule has 0 atom stereocenters. The zero-order valence-corrected chi connectivity index (χ0v) is 90.7. The average molecular weight is 2070 g/mol. The van der Waals surface area contributed by atoms with E-state index >= 15 is 0 Å². The van der Waals surface area contributed by atoms with E-state index < -0.39 is 34.1 Å². The number of furan rings is 4. The van der Waals surface area contributed by atoms with Crippen molar-refractivity contribution >= 4 is 133 Å². The second-order valence-electron chi connectivity index (χ2n) is 46.8. The summed E-state index contributed by atoms with van der Waals surface area (Å²) in [4.78, 5) is 132. The Morgan fingerprint density at radius 2 is 0.736 bits per heavy atom. The zero-order chi connectivity index (χ0) is 107. The molecule has 26 nitrogen and oxygen atoms in total. The summed E-state index contributed by atoms with van der Waals surface area (Å²) in [5, 5.41) is 0.133. The smallest absolute Gasteiger partial charge is 0.290 e. The molecule has 5 fully saturated rings. The van der Waals surface area contributed by atoms with Crippen LogP contribution < -0.4 is 0 Å². The summed E-state index contributed by atoms with van der Waals surface area (Å²) >= 11 is 17.6. The van der Waals surface area contributed by atoms with Crippen LogP contribution in [-0.2, 0) is 26.5 Å². The van der Waals surface area contributed by atoms with Crippen molar-refractivity contribution in [3.05, 3.63) is 252 Å². The first-order chi connectivity index (χ1) is 69.5. The second-order valence-corrected chi connectivity index (χ2v) is 48.1. The lowest BCUT2D eigenvalue weighted by Gasteiger charge is -2.47. The first-order valence-corrected chi connectivity index (χ1v) is 51.7. The monoisotopic (exact) mass is 2070 g/mol. The van der Waals surface area contributed by atoms with Gasteiger partial charge in [0.1, 0.15) is 45.1 Å². The number of aromatic nitrogens is 5. The summed E-state index contributed by atoms with van der Waals surface area (Å²) in [7, 11) is 0. The van der Waals surface area contributed by atoms with Crippen molar-refractivity contribution < 1.29 is 59.6 Å². The number of pyridine rings is 5. The molecule has 7 aliphatic heterocycles. The molecule has 0 N–H and O–H groups in total. The fourth-order valence-electron chi connectivity index (χ4n) is 20.7. The standard InChI is InChI=1S/C30H30ClFN4O3.C30H42N4O2.C28H28ClFN4O3.C28H30ClFN4O2/c1-29(2,3)20-14-23(18-8-9-21(31)22(32)13-18)34-24-15-25(39-26(20)24)28(38)36-12-11-35(17-30(36,4)5)27(37)19-7-6-10-33-16-19;1-28(2,3)22-16-23(20-8-11-29(4,5)12-9-20)32-24-17-25(36-26(22)24)27(35)34-15-14-33(19-30(34,6)7)21-10-13-31-18-21;1-27(2,3)18-13-21(16-6-7-19(29)20(30)12-16)32-22-14-23(37-24(18)22)25(35)34-11-10-33(17-8-9-31-15-17)26(36)28(34,4)5;1-27(2,3)19-13-22(17-6-7-20(29)21(30)12-17)32-23-14-24(36-25(19)23)26(35)34-11-10-33(16-28(34,4)5)18-8-9-31-15-18/h6-10,13-16H,11-12,17H2,1-5H3;10,16-18,20H,8-9,11-15,19H2,1-7H3;6-8,12-15H,9-11H2,1-5H3;6-8,12-15H,9-11,16H2,1-5H3. The molecule has 0 radical (unpaired) electrons. The molecule has 20 rings (SSSR count). The van der Waals surface area contributed by atoms with Gasteiger partial charge in [0, 0.05) is 178 Å². The number of halogens is 6. The number of hydrogen-bond donors (Lipinski definition) is 0. The highest BCUT2D eigenvalue weighted by Gasteiger charge is 2.49. The van der Waals surface area contributed by atoms with Crippen LogP contribution in [0.25, 0.3) is 78.2 Å². The van der Waals surface area contributed by atoms with Crippen LogP contribution in [-0.4, -0.2) is 232 Å². The summed E-state index contributed by atoms with van der Waals surface area (Å²) in [6, 6.07) is 31.9. The molecular formula is C116H130Cl3F3N16O10. The van der Waals surface area contributed by atoms with Gasteiger partial charge in [-0.25, -0.2) is 33.1 Å². The third-order valence-corrected chi connectivity index (χ3v) is 30.1. The molecule has 4 saturated heterocycles. The minimum Gasteiger partial charge on any atom is -0.449 e. The maximum Gasteiger partial charge on any atom is 0.290 e. The lowest BCUT2D eigenvalue weighted by atomic mass is 9.72. The van der Waals surface area contributed by atoms with Gasteiger partial charge in [0.2, 0.25) is 0 Å². The lowest BCUT2D eigenvalue weighted by molar-refractivity contribution is -0.143. The molecule has 1 aliphatic carbocycles. The number of nitrogens with zero attached hydrogens (tertiary/aromatic N) is 16. The van der Waals surface area contributed by atoms with E-state index in [1.54, 1.807) is 101 Å². The predicted molar refractivity (Wildman–Crippen MR) is 577 cm³/mol. The van der Waals surface area contributed by atoms with Crippen molar-refractivity contribution in [3.63, 3.8) is 0 Å². The van der Waals surface area contributed by atoms with E-state index in [1.165, 1.54) is 62.1 Å². The van der Waals surface area contributed by atoms with E-state index in [2.05, 4.69) is 136 Å². The number of aliphatic imine (C=N–C) groups is 3. The van der Waals surface area contributed by atoms with Crippen molar-refractivity contribution in [2.45, 2.75) is 228 Å². The number of piperazine rings is 4. The summed E-state index contributed by atoms with van der Waals surface area (Å²) in [5.41, 5.74) is 13.5. The van der Waals surface area contributed by atoms with Gasteiger partial charge in [-0.1, -0.05) is 150 Å². The van der Waals surface area contributed by atoms with E-state index in [9.17, 15) is 41.9 Å². The molecule has 776 valence electrons. The molecule has 0 spiro atoms. The minimum atomic E-state index is -1.09. The number of amides is 6. The van der Waals surface area contributed by atoms with Crippen LogP contribution in [0.1, 0.15) is 264 Å². The second kappa shape index (κ2) is 40.4. The molecule has 0 unspecified atom stereocenters. The van der Waals surface area contributed by atoms with E-state index in [1.807, 2.05) is 108 Å². The summed E-state index contributed by atoms with van der Waals surface area (Å²) in [5.74, 6) is -1.33. The summed E-state index contributed by atoms with van der Waals surface area (Å²) < 4.78 is 67.4. The van der Waals surface area contributed by atoms with Crippen molar-refractivity contribution in [2.75, 3.05) is 91.6 Å². The first kappa shape index (κ1) is 106. The van der Waals surface area contributed by atoms with Gasteiger partial charge in [-0.3, -0.25) is 48.7 Å². The largest absolute Gasteiger partial charge is 0.449 e. The highest BCUT2D eigenvalue weighted by atomic mass is 35.5. The molecule has 12 aromatic rings. The number of carbonyl (C=O) groups is 6. The Morgan fingerprint density at radius 1 is 0.392 bits per heavy atom. The number of rotatable bonds is 12. The van der Waals surface area contributed by atoms with Crippen LogP contribution in [0.5, 0.6) is 0 Å². The van der Waals surface area contributed by atoms with Crippen molar-refractivity contribution in [2.24, 2.45) is 20.4 Å². The summed E-state index contributed by atoms with van der Waals surface area (Å²) in [6.45, 7) is 53.6. The third-order valence-electron chi connectivity index (χ3n) is 29.2. The number of hydrogen-bond acceptors (Lipinski definition) is 20. The van der Waals surface area contributed by atoms with E-state index in [-0.39, 0.29) is 95.0 Å². The minimum absolute atomic E-state index is 0.0332. The SMILES string of the molecule is CC(C)(C)c1cc(-c2ccc(Cl)c(F)c2)nc2cc(C(=O)N3CCN(C(=O)c4cccnc4)CC3(C)C)oc12.CC(C)(C)c1cc(-c2ccc(Cl)c(F)c2)nc2cc(C(=O)N3CCN(C4=CCN=C4)C(=O)C3(C)C)oc12.CC(C)(C)c1cc(-c2ccc(Cl)c(F)c2)nc2cc(C(=O)N3CCN(C4=CCN=C4)CC3(C)C)oc12.CC1(C)CCC(c2cc(C(C)(C)C)c3oc(C(=O)N4CCN(C5=CCN=C5)CC4(C)C)cc3n2)CC1. The fourth-order valence-corrected chi connectivity index (χ4v) is 21.1. The molecule has 1 saturated carbocycles. The number of allylic oxidation sites excluding steroid dienone is 3. The van der Waals surface area contributed by atoms with Gasteiger partial charge in [-0.05, 0) is 199 Å². The van der Waals surface area contributed by atoms with Crippen molar-refractivity contribution in [1.82, 2.24) is 64.1 Å². The maximum absolute atomic E-state index is 14.2. The zero-order valence-electron chi connectivity index (χ0n) is 88.4. The van der Waals surface area contributed by atoms with Crippen LogP contribution in [0.3, 0.4) is 0 Å². The Morgan fingerprint density at radius 3 is 1.07 bits per heavy atom. The molecule has 32 heteroatoms. The van der Waals surface area contributed by atoms with Crippen LogP contribution in [0.4, 0.5) is 13.2 Å². The van der Waals surface area contributed by atoms with Crippen LogP contribution in [0, 0.1) is 22.9 Å². The molecule has 3 aromatic carbocycles. The average Bonchev–Trinajstić information content (AvgIpc) is 1.42. The quantitative estimate of drug-likeness (QED) is 0.110. The number of benzene rings is 3. The molecule has 6 amide bonds. The Balaban J connectivity index is 0.000000135. The van der Waals surface area contributed by atoms with E-state index in [4.69, 9.17) is 67.4 Å². The highest BCUT2D eigenvalue weighted by Crippen LogP contribution is 2.47. The highest BCUT2D eigenvalue weighted by molar-refractivity contribution is 6.31. The van der Waals surface area contributed by atoms with Crippen LogP contribution >= 0.6 is 34.8 Å². The molecule has 148 heavy (non-hydrogen) atoms. The van der Waals surface area contributed by atoms with Crippen molar-refractivity contribution in [1.29, 1.82) is 0 Å². The lowest BCUT2D eigenvalue weighted by Crippen LogP contribution is -2.64.